The molecular formula is C6H12N2O. The van der Waals surface area contributed by atoms with Gasteiger partial charge in [0.2, 0.25) is 0 Å². The maximum absolute atomic E-state index is 8.96. The number of hydrogen-bond acceptors (Lipinski definition) is 3. The number of aliphatic hydroxyl groups excluding tert-OH is 1. The van der Waals surface area contributed by atoms with Crippen molar-refractivity contribution in [2.45, 2.75) is 12.5 Å². The van der Waals surface area contributed by atoms with Gasteiger partial charge in [0.15, 0.2) is 0 Å². The van der Waals surface area contributed by atoms with Crippen molar-refractivity contribution >= 4 is 0 Å². The van der Waals surface area contributed by atoms with Crippen LogP contribution >= 0.6 is 0 Å². The van der Waals surface area contributed by atoms with Crippen molar-refractivity contribution in [2.75, 3.05) is 20.6 Å². The van der Waals surface area contributed by atoms with E-state index in [1.165, 1.54) is 0 Å². The maximum Gasteiger partial charge on any atom is 0.0796 e. The van der Waals surface area contributed by atoms with Crippen LogP contribution in [0, 0.1) is 11.3 Å². The molecule has 1 unspecified atom stereocenters. The summed E-state index contributed by atoms with van der Waals surface area (Å²) in [5.41, 5.74) is 0. The van der Waals surface area contributed by atoms with Crippen molar-refractivity contribution < 1.29 is 5.11 Å². The summed E-state index contributed by atoms with van der Waals surface area (Å²) >= 11 is 0. The molecule has 0 aliphatic carbocycles. The maximum atomic E-state index is 8.96. The van der Waals surface area contributed by atoms with Crippen molar-refractivity contribution in [3.63, 3.8) is 0 Å². The number of nitrogens with zero attached hydrogens (tertiary/aromatic N) is 2. The fourth-order valence-corrected chi connectivity index (χ4v) is 0.591. The van der Waals surface area contributed by atoms with Crippen molar-refractivity contribution in [2.24, 2.45) is 0 Å². The summed E-state index contributed by atoms with van der Waals surface area (Å²) < 4.78 is 0. The van der Waals surface area contributed by atoms with Crippen LogP contribution in [0.5, 0.6) is 0 Å². The van der Waals surface area contributed by atoms with Crippen LogP contribution in [-0.2, 0) is 0 Å². The Morgan fingerprint density at radius 2 is 2.22 bits per heavy atom. The second kappa shape index (κ2) is 4.30. The minimum Gasteiger partial charge on any atom is -0.391 e. The van der Waals surface area contributed by atoms with Gasteiger partial charge < -0.3 is 10.0 Å². The number of aliphatic hydroxyl groups is 1. The number of nitriles is 1. The van der Waals surface area contributed by atoms with Crippen LogP contribution in [0.1, 0.15) is 6.42 Å². The van der Waals surface area contributed by atoms with Crippen molar-refractivity contribution in [1.82, 2.24) is 4.90 Å². The monoisotopic (exact) mass is 128 g/mol. The Balaban J connectivity index is 3.29. The van der Waals surface area contributed by atoms with Crippen LogP contribution < -0.4 is 0 Å². The molecule has 52 valence electrons. The van der Waals surface area contributed by atoms with E-state index in [0.717, 1.165) is 0 Å². The highest BCUT2D eigenvalue weighted by Crippen LogP contribution is 1.89. The molecule has 1 N–H and O–H groups in total. The molecule has 0 saturated heterocycles. The molecule has 0 spiro atoms. The van der Waals surface area contributed by atoms with E-state index in [1.54, 1.807) is 0 Å². The van der Waals surface area contributed by atoms with E-state index in [9.17, 15) is 0 Å². The molecule has 0 fully saturated rings. The average Bonchev–Trinajstić information content (AvgIpc) is 1.63. The molecule has 3 nitrogen and oxygen atoms in total. The van der Waals surface area contributed by atoms with E-state index in [2.05, 4.69) is 0 Å². The third-order valence-electron chi connectivity index (χ3n) is 0.903. The zero-order valence-corrected chi connectivity index (χ0v) is 5.83. The van der Waals surface area contributed by atoms with Gasteiger partial charge >= 0.3 is 0 Å². The summed E-state index contributed by atoms with van der Waals surface area (Å²) in [5, 5.41) is 17.1. The van der Waals surface area contributed by atoms with E-state index in [0.29, 0.717) is 6.54 Å². The Hall–Kier alpha value is -0.590. The molecule has 0 aromatic heterocycles. The van der Waals surface area contributed by atoms with Crippen LogP contribution in [0.2, 0.25) is 0 Å². The SMILES string of the molecule is CN(C)CC(O)CC#N. The van der Waals surface area contributed by atoms with E-state index in [-0.39, 0.29) is 6.42 Å². The highest BCUT2D eigenvalue weighted by molar-refractivity contribution is 4.75. The third kappa shape index (κ3) is 5.28. The summed E-state index contributed by atoms with van der Waals surface area (Å²) in [5.74, 6) is 0. The predicted octanol–water partition coefficient (Wildman–Crippen LogP) is -0.177. The number of hydrogen-bond donors (Lipinski definition) is 1. The van der Waals surface area contributed by atoms with Crippen molar-refractivity contribution in [1.29, 1.82) is 5.26 Å². The van der Waals surface area contributed by atoms with Gasteiger partial charge in [0.1, 0.15) is 0 Å². The molecule has 0 bridgehead atoms. The van der Waals surface area contributed by atoms with E-state index < -0.39 is 6.10 Å². The molecule has 0 heterocycles. The molecule has 9 heavy (non-hydrogen) atoms. The molecular weight excluding hydrogens is 116 g/mol. The summed E-state index contributed by atoms with van der Waals surface area (Å²) in [6, 6.07) is 1.90. The fraction of sp³-hybridized carbons (Fsp3) is 0.833. The van der Waals surface area contributed by atoms with E-state index >= 15 is 0 Å². The summed E-state index contributed by atoms with van der Waals surface area (Å²) in [7, 11) is 3.72. The number of rotatable bonds is 3. The Labute approximate surface area is 55.5 Å². The van der Waals surface area contributed by atoms with Gasteiger partial charge in [0.25, 0.3) is 0 Å². The van der Waals surface area contributed by atoms with Gasteiger partial charge in [0, 0.05) is 6.54 Å². The Bertz CT molecular complexity index is 106. The first kappa shape index (κ1) is 8.41. The molecule has 3 heteroatoms. The normalized spacial score (nSPS) is 13.2. The zero-order valence-electron chi connectivity index (χ0n) is 5.83. The largest absolute Gasteiger partial charge is 0.391 e. The Morgan fingerprint density at radius 3 is 2.56 bits per heavy atom. The lowest BCUT2D eigenvalue weighted by atomic mass is 10.3. The van der Waals surface area contributed by atoms with Gasteiger partial charge in [-0.2, -0.15) is 5.26 Å². The predicted molar refractivity (Wildman–Crippen MR) is 34.8 cm³/mol. The zero-order chi connectivity index (χ0) is 7.28. The molecule has 0 aliphatic heterocycles. The van der Waals surface area contributed by atoms with Crippen LogP contribution in [0.4, 0.5) is 0 Å². The first-order chi connectivity index (χ1) is 4.16. The van der Waals surface area contributed by atoms with Crippen LogP contribution in [0.3, 0.4) is 0 Å². The molecule has 0 aromatic carbocycles. The summed E-state index contributed by atoms with van der Waals surface area (Å²) in [6.45, 7) is 0.563. The Morgan fingerprint density at radius 1 is 1.67 bits per heavy atom. The Kier molecular flexibility index (Phi) is 4.02. The standard InChI is InChI=1S/C6H12N2O/c1-8(2)5-6(9)3-4-7/h6,9H,3,5H2,1-2H3. The molecule has 0 aliphatic rings. The van der Waals surface area contributed by atoms with Crippen LogP contribution in [0.25, 0.3) is 0 Å². The van der Waals surface area contributed by atoms with E-state index in [1.807, 2.05) is 25.1 Å². The molecule has 0 saturated carbocycles. The van der Waals surface area contributed by atoms with Gasteiger partial charge in [-0.05, 0) is 14.1 Å². The van der Waals surface area contributed by atoms with Gasteiger partial charge in [-0.15, -0.1) is 0 Å². The summed E-state index contributed by atoms with van der Waals surface area (Å²) in [4.78, 5) is 1.85. The minimum atomic E-state index is -0.495. The molecule has 1 atom stereocenters. The van der Waals surface area contributed by atoms with E-state index in [4.69, 9.17) is 10.4 Å². The van der Waals surface area contributed by atoms with Gasteiger partial charge in [-0.3, -0.25) is 0 Å². The van der Waals surface area contributed by atoms with Crippen molar-refractivity contribution in [3.05, 3.63) is 0 Å². The summed E-state index contributed by atoms with van der Waals surface area (Å²) in [6.07, 6.45) is -0.275. The smallest absolute Gasteiger partial charge is 0.0796 e. The lowest BCUT2D eigenvalue weighted by Crippen LogP contribution is -2.25. The molecule has 0 radical (unpaired) electrons. The lowest BCUT2D eigenvalue weighted by Gasteiger charge is -2.12. The highest BCUT2D eigenvalue weighted by atomic mass is 16.3. The second-order valence-corrected chi connectivity index (χ2v) is 2.28. The molecule has 0 rings (SSSR count). The highest BCUT2D eigenvalue weighted by Gasteiger charge is 2.02. The minimum absolute atomic E-state index is 0.220. The topological polar surface area (TPSA) is 47.3 Å². The lowest BCUT2D eigenvalue weighted by molar-refractivity contribution is 0.141. The third-order valence-corrected chi connectivity index (χ3v) is 0.903. The molecule has 0 aromatic rings. The van der Waals surface area contributed by atoms with Crippen LogP contribution in [-0.4, -0.2) is 36.8 Å². The average molecular weight is 128 g/mol. The first-order valence-electron chi connectivity index (χ1n) is 2.86. The van der Waals surface area contributed by atoms with Gasteiger partial charge in [0.05, 0.1) is 18.6 Å². The quantitative estimate of drug-likeness (QED) is 0.573. The van der Waals surface area contributed by atoms with Gasteiger partial charge in [-0.25, -0.2) is 0 Å². The van der Waals surface area contributed by atoms with Crippen LogP contribution in [0.15, 0.2) is 0 Å². The molecule has 0 amide bonds. The number of likely N-dealkylation sites (N-methyl/N-ethyl adjacent to an activating group) is 1. The first-order valence-corrected chi connectivity index (χ1v) is 2.86. The van der Waals surface area contributed by atoms with Crippen molar-refractivity contribution in [3.8, 4) is 6.07 Å². The fourth-order valence-electron chi connectivity index (χ4n) is 0.591. The second-order valence-electron chi connectivity index (χ2n) is 2.28. The van der Waals surface area contributed by atoms with Gasteiger partial charge in [-0.1, -0.05) is 0 Å².